The van der Waals surface area contributed by atoms with E-state index in [0.717, 1.165) is 25.3 Å². The molecule has 4 rings (SSSR count). The van der Waals surface area contributed by atoms with Gasteiger partial charge in [-0.2, -0.15) is 0 Å². The molecule has 3 aliphatic rings. The van der Waals surface area contributed by atoms with Gasteiger partial charge in [0.25, 0.3) is 0 Å². The average molecular weight is 355 g/mol. The summed E-state index contributed by atoms with van der Waals surface area (Å²) in [5.74, 6) is 1.57. The Bertz CT molecular complexity index is 593. The van der Waals surface area contributed by atoms with Gasteiger partial charge < -0.3 is 9.80 Å². The highest BCUT2D eigenvalue weighted by Crippen LogP contribution is 2.34. The number of nitrogens with zero attached hydrogens (tertiary/aromatic N) is 2. The van der Waals surface area contributed by atoms with Crippen molar-refractivity contribution in [3.8, 4) is 0 Å². The summed E-state index contributed by atoms with van der Waals surface area (Å²) in [6, 6.07) is 9.66. The summed E-state index contributed by atoms with van der Waals surface area (Å²) < 4.78 is 0. The van der Waals surface area contributed by atoms with E-state index in [-0.39, 0.29) is 0 Å². The first-order valence-corrected chi connectivity index (χ1v) is 10.8. The maximum Gasteiger partial charge on any atom is 0.226 e. The highest BCUT2D eigenvalue weighted by molar-refractivity contribution is 5.79. The fraction of sp³-hybridized carbons (Fsp3) is 0.696. The van der Waals surface area contributed by atoms with Crippen molar-refractivity contribution in [3.63, 3.8) is 0 Å². The van der Waals surface area contributed by atoms with Gasteiger partial charge in [-0.25, -0.2) is 0 Å². The average Bonchev–Trinajstić information content (AvgIpc) is 3.35. The molecule has 0 atom stereocenters. The lowest BCUT2D eigenvalue weighted by Gasteiger charge is -2.29. The number of carbonyl (C=O) groups is 1. The van der Waals surface area contributed by atoms with Crippen LogP contribution < -0.4 is 0 Å². The number of hydrogen-bond acceptors (Lipinski definition) is 2. The van der Waals surface area contributed by atoms with E-state index in [1.807, 2.05) is 0 Å². The van der Waals surface area contributed by atoms with Crippen LogP contribution in [0.25, 0.3) is 0 Å². The third-order valence-corrected chi connectivity index (χ3v) is 6.71. The standard InChI is InChI=1S/C23H34N2O/c1-24-14-12-19(13-15-24)16-18-6-8-20(9-7-18)17-25(22-10-11-22)23(26)21-4-2-3-5-21/h6-9,19,21-22H,2-5,10-17H2,1H3. The van der Waals surface area contributed by atoms with Gasteiger partial charge in [-0.05, 0) is 82.1 Å². The van der Waals surface area contributed by atoms with Crippen molar-refractivity contribution < 1.29 is 4.79 Å². The zero-order valence-corrected chi connectivity index (χ0v) is 16.3. The molecule has 0 radical (unpaired) electrons. The normalized spacial score (nSPS) is 22.7. The lowest BCUT2D eigenvalue weighted by Crippen LogP contribution is -2.36. The fourth-order valence-corrected chi connectivity index (χ4v) is 4.76. The summed E-state index contributed by atoms with van der Waals surface area (Å²) in [7, 11) is 2.23. The summed E-state index contributed by atoms with van der Waals surface area (Å²) in [6.45, 7) is 3.29. The number of likely N-dealkylation sites (tertiary alicyclic amines) is 1. The second kappa shape index (κ2) is 8.12. The molecule has 3 nitrogen and oxygen atoms in total. The molecule has 3 fully saturated rings. The van der Waals surface area contributed by atoms with Crippen LogP contribution in [0.15, 0.2) is 24.3 Å². The van der Waals surface area contributed by atoms with Crippen LogP contribution in [-0.4, -0.2) is 41.9 Å². The molecule has 1 aromatic rings. The van der Waals surface area contributed by atoms with E-state index in [1.54, 1.807) is 0 Å². The van der Waals surface area contributed by atoms with Crippen LogP contribution in [0.4, 0.5) is 0 Å². The molecule has 3 heteroatoms. The Morgan fingerprint density at radius 2 is 1.58 bits per heavy atom. The summed E-state index contributed by atoms with van der Waals surface area (Å²) in [5, 5.41) is 0. The zero-order chi connectivity index (χ0) is 17.9. The molecule has 142 valence electrons. The van der Waals surface area contributed by atoms with Gasteiger partial charge in [0.2, 0.25) is 5.91 Å². The highest BCUT2D eigenvalue weighted by atomic mass is 16.2. The Labute approximate surface area is 158 Å². The van der Waals surface area contributed by atoms with Gasteiger partial charge in [-0.3, -0.25) is 4.79 Å². The maximum absolute atomic E-state index is 12.9. The quantitative estimate of drug-likeness (QED) is 0.762. The first-order chi connectivity index (χ1) is 12.7. The second-order valence-corrected chi connectivity index (χ2v) is 8.95. The van der Waals surface area contributed by atoms with Gasteiger partial charge in [0.15, 0.2) is 0 Å². The van der Waals surface area contributed by atoms with Crippen LogP contribution >= 0.6 is 0 Å². The molecule has 1 aromatic carbocycles. The molecule has 2 aliphatic carbocycles. The van der Waals surface area contributed by atoms with Crippen molar-refractivity contribution in [3.05, 3.63) is 35.4 Å². The van der Waals surface area contributed by atoms with E-state index < -0.39 is 0 Å². The number of hydrogen-bond donors (Lipinski definition) is 0. The van der Waals surface area contributed by atoms with Crippen LogP contribution in [0, 0.1) is 11.8 Å². The minimum atomic E-state index is 0.305. The smallest absolute Gasteiger partial charge is 0.226 e. The summed E-state index contributed by atoms with van der Waals surface area (Å²) >= 11 is 0. The molecule has 1 heterocycles. The minimum absolute atomic E-state index is 0.305. The first-order valence-electron chi connectivity index (χ1n) is 10.8. The van der Waals surface area contributed by atoms with E-state index in [1.165, 1.54) is 69.2 Å². The molecule has 0 unspecified atom stereocenters. The predicted molar refractivity (Wildman–Crippen MR) is 106 cm³/mol. The Kier molecular flexibility index (Phi) is 5.63. The highest BCUT2D eigenvalue weighted by Gasteiger charge is 2.36. The number of piperidine rings is 1. The van der Waals surface area contributed by atoms with Crippen LogP contribution in [0.1, 0.15) is 62.5 Å². The van der Waals surface area contributed by atoms with Gasteiger partial charge in [-0.1, -0.05) is 37.1 Å². The molecule has 2 saturated carbocycles. The summed E-state index contributed by atoms with van der Waals surface area (Å²) in [4.78, 5) is 17.5. The van der Waals surface area contributed by atoms with Crippen molar-refractivity contribution in [2.75, 3.05) is 20.1 Å². The van der Waals surface area contributed by atoms with E-state index >= 15 is 0 Å². The molecule has 1 aliphatic heterocycles. The topological polar surface area (TPSA) is 23.6 Å². The van der Waals surface area contributed by atoms with Crippen molar-refractivity contribution in [2.24, 2.45) is 11.8 Å². The molecule has 1 saturated heterocycles. The Hall–Kier alpha value is -1.35. The van der Waals surface area contributed by atoms with Crippen LogP contribution in [-0.2, 0) is 17.8 Å². The predicted octanol–water partition coefficient (Wildman–Crippen LogP) is 4.25. The van der Waals surface area contributed by atoms with E-state index in [2.05, 4.69) is 41.1 Å². The fourth-order valence-electron chi connectivity index (χ4n) is 4.76. The van der Waals surface area contributed by atoms with Gasteiger partial charge in [0.1, 0.15) is 0 Å². The third kappa shape index (κ3) is 4.49. The molecule has 0 bridgehead atoms. The van der Waals surface area contributed by atoms with E-state index in [0.29, 0.717) is 17.9 Å². The minimum Gasteiger partial charge on any atom is -0.335 e. The number of rotatable bonds is 6. The Morgan fingerprint density at radius 3 is 2.19 bits per heavy atom. The molecule has 0 N–H and O–H groups in total. The van der Waals surface area contributed by atoms with Crippen molar-refractivity contribution in [2.45, 2.75) is 70.4 Å². The maximum atomic E-state index is 12.9. The monoisotopic (exact) mass is 354 g/mol. The summed E-state index contributed by atoms with van der Waals surface area (Å²) in [6.07, 6.45) is 10.9. The van der Waals surface area contributed by atoms with Gasteiger partial charge in [-0.15, -0.1) is 0 Å². The van der Waals surface area contributed by atoms with E-state index in [9.17, 15) is 4.79 Å². The van der Waals surface area contributed by atoms with Crippen molar-refractivity contribution in [1.29, 1.82) is 0 Å². The molecule has 26 heavy (non-hydrogen) atoms. The zero-order valence-electron chi connectivity index (χ0n) is 16.3. The molecule has 0 aromatic heterocycles. The number of carbonyl (C=O) groups excluding carboxylic acids is 1. The summed E-state index contributed by atoms with van der Waals surface area (Å²) in [5.41, 5.74) is 2.76. The largest absolute Gasteiger partial charge is 0.335 e. The second-order valence-electron chi connectivity index (χ2n) is 8.95. The van der Waals surface area contributed by atoms with Gasteiger partial charge in [0, 0.05) is 18.5 Å². The van der Waals surface area contributed by atoms with Crippen LogP contribution in [0.5, 0.6) is 0 Å². The molecule has 0 spiro atoms. The lowest BCUT2D eigenvalue weighted by atomic mass is 9.90. The van der Waals surface area contributed by atoms with Crippen molar-refractivity contribution >= 4 is 5.91 Å². The van der Waals surface area contributed by atoms with Crippen LogP contribution in [0.3, 0.4) is 0 Å². The first kappa shape index (κ1) is 18.0. The number of benzene rings is 1. The van der Waals surface area contributed by atoms with Crippen LogP contribution in [0.2, 0.25) is 0 Å². The van der Waals surface area contributed by atoms with E-state index in [4.69, 9.17) is 0 Å². The van der Waals surface area contributed by atoms with Gasteiger partial charge >= 0.3 is 0 Å². The molecular formula is C23H34N2O. The lowest BCUT2D eigenvalue weighted by molar-refractivity contribution is -0.136. The third-order valence-electron chi connectivity index (χ3n) is 6.71. The van der Waals surface area contributed by atoms with Crippen molar-refractivity contribution in [1.82, 2.24) is 9.80 Å². The van der Waals surface area contributed by atoms with Gasteiger partial charge in [0.05, 0.1) is 0 Å². The SMILES string of the molecule is CN1CCC(Cc2ccc(CN(C(=O)C3CCCC3)C3CC3)cc2)CC1. The molecular weight excluding hydrogens is 320 g/mol. The molecule has 1 amide bonds. The Balaban J connectivity index is 1.34. The number of amides is 1. The Morgan fingerprint density at radius 1 is 0.962 bits per heavy atom.